The second-order valence-electron chi connectivity index (χ2n) is 3.11. The molecule has 1 N–H and O–H groups in total. The third kappa shape index (κ3) is 5.93. The Balaban J connectivity index is 3.68. The Morgan fingerprint density at radius 1 is 1.62 bits per heavy atom. The second kappa shape index (κ2) is 7.21. The van der Waals surface area contributed by atoms with Gasteiger partial charge in [-0.25, -0.2) is 0 Å². The first kappa shape index (κ1) is 12.8. The summed E-state index contributed by atoms with van der Waals surface area (Å²) in [7, 11) is 1.36. The highest BCUT2D eigenvalue weighted by atomic mass is 32.2. The second-order valence-corrected chi connectivity index (χ2v) is 4.09. The number of esters is 1. The lowest BCUT2D eigenvalue weighted by Gasteiger charge is -2.16. The zero-order chi connectivity index (χ0) is 10.3. The molecule has 2 atom stereocenters. The summed E-state index contributed by atoms with van der Waals surface area (Å²) in [6.45, 7) is 1.86. The van der Waals surface area contributed by atoms with Crippen molar-refractivity contribution in [2.45, 2.75) is 25.9 Å². The van der Waals surface area contributed by atoms with Gasteiger partial charge in [0.25, 0.3) is 0 Å². The number of aliphatic hydroxyl groups excluding tert-OH is 1. The standard InChI is InChI=1S/C9H18O3S/c1-7(6-9(11)12-2)8(10)4-5-13-3/h7-8,10H,4-6H2,1-3H3. The van der Waals surface area contributed by atoms with Crippen molar-refractivity contribution in [1.29, 1.82) is 0 Å². The summed E-state index contributed by atoms with van der Waals surface area (Å²) in [5, 5.41) is 9.57. The maximum atomic E-state index is 10.9. The number of thioether (sulfide) groups is 1. The largest absolute Gasteiger partial charge is 0.469 e. The van der Waals surface area contributed by atoms with Crippen molar-refractivity contribution in [3.63, 3.8) is 0 Å². The minimum atomic E-state index is -0.397. The van der Waals surface area contributed by atoms with Crippen molar-refractivity contribution in [3.05, 3.63) is 0 Å². The van der Waals surface area contributed by atoms with Gasteiger partial charge >= 0.3 is 5.97 Å². The van der Waals surface area contributed by atoms with Gasteiger partial charge in [-0.3, -0.25) is 4.79 Å². The molecule has 0 spiro atoms. The van der Waals surface area contributed by atoms with Gasteiger partial charge in [-0.1, -0.05) is 6.92 Å². The number of methoxy groups -OCH3 is 1. The van der Waals surface area contributed by atoms with E-state index in [-0.39, 0.29) is 11.9 Å². The van der Waals surface area contributed by atoms with E-state index in [0.29, 0.717) is 6.42 Å². The maximum Gasteiger partial charge on any atom is 0.305 e. The maximum absolute atomic E-state index is 10.9. The van der Waals surface area contributed by atoms with Crippen LogP contribution < -0.4 is 0 Å². The molecule has 0 heterocycles. The third-order valence-electron chi connectivity index (χ3n) is 1.99. The Labute approximate surface area is 83.9 Å². The summed E-state index contributed by atoms with van der Waals surface area (Å²) >= 11 is 1.70. The smallest absolute Gasteiger partial charge is 0.305 e. The van der Waals surface area contributed by atoms with Crippen LogP contribution in [0.25, 0.3) is 0 Å². The van der Waals surface area contributed by atoms with Crippen LogP contribution in [0.1, 0.15) is 19.8 Å². The summed E-state index contributed by atoms with van der Waals surface area (Å²) in [5.41, 5.74) is 0. The van der Waals surface area contributed by atoms with E-state index in [9.17, 15) is 9.90 Å². The molecule has 0 aliphatic carbocycles. The zero-order valence-electron chi connectivity index (χ0n) is 8.45. The molecule has 0 aromatic heterocycles. The van der Waals surface area contributed by atoms with Crippen LogP contribution in [0.5, 0.6) is 0 Å². The number of hydrogen-bond donors (Lipinski definition) is 1. The molecule has 0 amide bonds. The van der Waals surface area contributed by atoms with E-state index in [1.807, 2.05) is 13.2 Å². The van der Waals surface area contributed by atoms with E-state index >= 15 is 0 Å². The highest BCUT2D eigenvalue weighted by Crippen LogP contribution is 2.13. The van der Waals surface area contributed by atoms with Crippen LogP contribution in [0, 0.1) is 5.92 Å². The average molecular weight is 206 g/mol. The predicted molar refractivity (Wildman–Crippen MR) is 54.8 cm³/mol. The van der Waals surface area contributed by atoms with Crippen LogP contribution in [0.3, 0.4) is 0 Å². The summed E-state index contributed by atoms with van der Waals surface area (Å²) in [6.07, 6.45) is 2.63. The van der Waals surface area contributed by atoms with Crippen LogP contribution >= 0.6 is 11.8 Å². The summed E-state index contributed by atoms with van der Waals surface area (Å²) in [6, 6.07) is 0. The Bertz CT molecular complexity index is 150. The highest BCUT2D eigenvalue weighted by molar-refractivity contribution is 7.98. The van der Waals surface area contributed by atoms with Crippen LogP contribution in [0.4, 0.5) is 0 Å². The first-order valence-corrected chi connectivity index (χ1v) is 5.75. The van der Waals surface area contributed by atoms with Crippen LogP contribution in [-0.2, 0) is 9.53 Å². The van der Waals surface area contributed by atoms with Crippen molar-refractivity contribution in [2.75, 3.05) is 19.1 Å². The fourth-order valence-electron chi connectivity index (χ4n) is 1.01. The SMILES string of the molecule is COC(=O)CC(C)C(O)CCSC. The Morgan fingerprint density at radius 2 is 2.23 bits per heavy atom. The molecular weight excluding hydrogens is 188 g/mol. The first-order valence-electron chi connectivity index (χ1n) is 4.35. The van der Waals surface area contributed by atoms with Gasteiger partial charge in [0.05, 0.1) is 19.6 Å². The molecule has 2 unspecified atom stereocenters. The minimum absolute atomic E-state index is 0.0143. The van der Waals surface area contributed by atoms with Crippen LogP contribution in [0.15, 0.2) is 0 Å². The van der Waals surface area contributed by atoms with Gasteiger partial charge in [0.2, 0.25) is 0 Å². The van der Waals surface area contributed by atoms with Gasteiger partial charge < -0.3 is 9.84 Å². The molecule has 0 fully saturated rings. The Morgan fingerprint density at radius 3 is 2.69 bits per heavy atom. The molecule has 0 aromatic carbocycles. The highest BCUT2D eigenvalue weighted by Gasteiger charge is 2.17. The third-order valence-corrected chi connectivity index (χ3v) is 2.63. The number of hydrogen-bond acceptors (Lipinski definition) is 4. The normalized spacial score (nSPS) is 15.1. The molecule has 0 rings (SSSR count). The van der Waals surface area contributed by atoms with Crippen molar-refractivity contribution in [1.82, 2.24) is 0 Å². The van der Waals surface area contributed by atoms with Gasteiger partial charge in [0, 0.05) is 0 Å². The van der Waals surface area contributed by atoms with Crippen molar-refractivity contribution in [2.24, 2.45) is 5.92 Å². The lowest BCUT2D eigenvalue weighted by atomic mass is 9.99. The van der Waals surface area contributed by atoms with E-state index in [1.165, 1.54) is 7.11 Å². The summed E-state index contributed by atoms with van der Waals surface area (Å²) in [4.78, 5) is 10.9. The summed E-state index contributed by atoms with van der Waals surface area (Å²) < 4.78 is 4.52. The van der Waals surface area contributed by atoms with Gasteiger partial charge in [0.15, 0.2) is 0 Å². The van der Waals surface area contributed by atoms with E-state index in [2.05, 4.69) is 4.74 Å². The molecule has 0 aliphatic rings. The Hall–Kier alpha value is -0.220. The Kier molecular flexibility index (Phi) is 7.09. The lowest BCUT2D eigenvalue weighted by Crippen LogP contribution is -2.21. The molecule has 0 saturated carbocycles. The van der Waals surface area contributed by atoms with E-state index < -0.39 is 6.10 Å². The first-order chi connectivity index (χ1) is 6.11. The van der Waals surface area contributed by atoms with Gasteiger partial charge in [-0.05, 0) is 24.3 Å². The fraction of sp³-hybridized carbons (Fsp3) is 0.889. The van der Waals surface area contributed by atoms with E-state index in [1.54, 1.807) is 11.8 Å². The lowest BCUT2D eigenvalue weighted by molar-refractivity contribution is -0.142. The number of rotatable bonds is 6. The summed E-state index contributed by atoms with van der Waals surface area (Å²) in [5.74, 6) is 0.655. The molecule has 13 heavy (non-hydrogen) atoms. The monoisotopic (exact) mass is 206 g/mol. The number of carbonyl (C=O) groups is 1. The molecule has 0 bridgehead atoms. The van der Waals surface area contributed by atoms with E-state index in [0.717, 1.165) is 12.2 Å². The molecule has 3 nitrogen and oxygen atoms in total. The molecule has 0 aliphatic heterocycles. The predicted octanol–water partition coefficient (Wildman–Crippen LogP) is 1.30. The quantitative estimate of drug-likeness (QED) is 0.665. The number of aliphatic hydroxyl groups is 1. The zero-order valence-corrected chi connectivity index (χ0v) is 9.26. The van der Waals surface area contributed by atoms with Crippen LogP contribution in [0.2, 0.25) is 0 Å². The molecule has 0 aromatic rings. The molecule has 0 saturated heterocycles. The number of carbonyl (C=O) groups excluding carboxylic acids is 1. The molecule has 0 radical (unpaired) electrons. The van der Waals surface area contributed by atoms with E-state index in [4.69, 9.17) is 0 Å². The molecular formula is C9H18O3S. The fourth-order valence-corrected chi connectivity index (χ4v) is 1.48. The topological polar surface area (TPSA) is 46.5 Å². The van der Waals surface area contributed by atoms with Crippen LogP contribution in [-0.4, -0.2) is 36.3 Å². The van der Waals surface area contributed by atoms with Gasteiger partial charge in [-0.2, -0.15) is 11.8 Å². The molecule has 4 heteroatoms. The molecule has 78 valence electrons. The van der Waals surface area contributed by atoms with Crippen molar-refractivity contribution in [3.8, 4) is 0 Å². The van der Waals surface area contributed by atoms with Crippen molar-refractivity contribution < 1.29 is 14.6 Å². The van der Waals surface area contributed by atoms with Crippen molar-refractivity contribution >= 4 is 17.7 Å². The minimum Gasteiger partial charge on any atom is -0.469 e. The number of ether oxygens (including phenoxy) is 1. The average Bonchev–Trinajstić information content (AvgIpc) is 2.13. The van der Waals surface area contributed by atoms with Gasteiger partial charge in [-0.15, -0.1) is 0 Å². The van der Waals surface area contributed by atoms with Gasteiger partial charge in [0.1, 0.15) is 0 Å².